The summed E-state index contributed by atoms with van der Waals surface area (Å²) in [6, 6.07) is 41.3. The topological polar surface area (TPSA) is 101 Å². The van der Waals surface area contributed by atoms with Crippen molar-refractivity contribution in [3.05, 3.63) is 163 Å². The zero-order valence-electron chi connectivity index (χ0n) is 27.6. The molecule has 0 amide bonds. The Balaban J connectivity index is 1.45. The highest BCUT2D eigenvalue weighted by molar-refractivity contribution is 7.87. The van der Waals surface area contributed by atoms with E-state index in [1.54, 1.807) is 60.7 Å². The molecule has 0 bridgehead atoms. The monoisotopic (exact) mass is 763 g/mol. The van der Waals surface area contributed by atoms with E-state index in [2.05, 4.69) is 0 Å². The minimum atomic E-state index is -6.07. The highest BCUT2D eigenvalue weighted by Crippen LogP contribution is 2.44. The number of hydrogen-bond donors (Lipinski definition) is 0. The first-order chi connectivity index (χ1) is 25.8. The molecule has 6 nitrogen and oxygen atoms in total. The summed E-state index contributed by atoms with van der Waals surface area (Å²) in [5.41, 5.74) is 1.94. The number of benzene rings is 8. The fraction of sp³-hybridized carbons (Fsp3) is 0. The largest absolute Gasteiger partial charge is 0.744 e. The Morgan fingerprint density at radius 3 is 1.19 bits per heavy atom. The molecule has 0 aliphatic carbocycles. The smallest absolute Gasteiger partial charge is 0.340 e. The lowest BCUT2D eigenvalue weighted by Crippen LogP contribution is -2.18. The van der Waals surface area contributed by atoms with Crippen molar-refractivity contribution in [3.63, 3.8) is 0 Å². The summed E-state index contributed by atoms with van der Waals surface area (Å²) in [6.07, 6.45) is 0. The second kappa shape index (κ2) is 13.1. The van der Waals surface area contributed by atoms with Gasteiger partial charge >= 0.3 is 10.1 Å². The molecule has 0 fully saturated rings. The van der Waals surface area contributed by atoms with E-state index in [1.165, 1.54) is 0 Å². The maximum atomic E-state index is 15.3. The molecule has 0 heterocycles. The molecule has 0 aliphatic heterocycles. The predicted molar refractivity (Wildman–Crippen MR) is 197 cm³/mol. The average molecular weight is 764 g/mol. The van der Waals surface area contributed by atoms with Gasteiger partial charge in [-0.3, -0.25) is 0 Å². The van der Waals surface area contributed by atoms with Crippen LogP contribution in [0.4, 0.5) is 17.6 Å². The van der Waals surface area contributed by atoms with Crippen LogP contribution in [0.25, 0.3) is 65.7 Å². The third-order valence-electron chi connectivity index (χ3n) is 9.17. The van der Waals surface area contributed by atoms with Crippen molar-refractivity contribution >= 4 is 52.6 Å². The minimum absolute atomic E-state index is 0.00934. The van der Waals surface area contributed by atoms with Crippen LogP contribution in [0.5, 0.6) is 5.75 Å². The molecule has 0 atom stereocenters. The van der Waals surface area contributed by atoms with Gasteiger partial charge in [0.2, 0.25) is 17.4 Å². The SMILES string of the molecule is O=S(=O)([O-])c1c(F)c(F)c(OS(=O)(=O)c2c(-c3ccc4ccccc4c3)cc(-c3ccc4ccccc4c3)cc2-c2ccc3ccccc3c2)c(F)c1F. The van der Waals surface area contributed by atoms with Gasteiger partial charge in [0.25, 0.3) is 0 Å². The third-order valence-corrected chi connectivity index (χ3v) is 11.4. The van der Waals surface area contributed by atoms with Crippen LogP contribution >= 0.6 is 0 Å². The fourth-order valence-corrected chi connectivity index (χ4v) is 8.57. The van der Waals surface area contributed by atoms with Gasteiger partial charge in [0.1, 0.15) is 19.9 Å². The quantitative estimate of drug-likeness (QED) is 0.0693. The van der Waals surface area contributed by atoms with Crippen LogP contribution in [0.15, 0.2) is 149 Å². The Morgan fingerprint density at radius 2 is 0.778 bits per heavy atom. The molecule has 0 unspecified atom stereocenters. The summed E-state index contributed by atoms with van der Waals surface area (Å²) in [5.74, 6) is -12.4. The van der Waals surface area contributed by atoms with Crippen molar-refractivity contribution in [2.24, 2.45) is 0 Å². The zero-order chi connectivity index (χ0) is 37.9. The molecule has 8 aromatic rings. The molecule has 12 heteroatoms. The first kappa shape index (κ1) is 35.0. The van der Waals surface area contributed by atoms with Crippen molar-refractivity contribution in [1.29, 1.82) is 0 Å². The molecular formula is C42H23F4O6S2-. The lowest BCUT2D eigenvalue weighted by molar-refractivity contribution is 0.363. The van der Waals surface area contributed by atoms with Gasteiger partial charge in [-0.05, 0) is 84.9 Å². The summed E-state index contributed by atoms with van der Waals surface area (Å²) >= 11 is 0. The van der Waals surface area contributed by atoms with Crippen molar-refractivity contribution in [3.8, 4) is 39.1 Å². The molecule has 268 valence electrons. The van der Waals surface area contributed by atoms with E-state index in [0.29, 0.717) is 22.3 Å². The Kier molecular flexibility index (Phi) is 8.48. The van der Waals surface area contributed by atoms with Crippen molar-refractivity contribution in [2.45, 2.75) is 9.79 Å². The van der Waals surface area contributed by atoms with Crippen LogP contribution in [0, 0.1) is 23.3 Å². The van der Waals surface area contributed by atoms with E-state index >= 15 is 8.78 Å². The van der Waals surface area contributed by atoms with Gasteiger partial charge in [-0.1, -0.05) is 109 Å². The highest BCUT2D eigenvalue weighted by atomic mass is 32.2. The van der Waals surface area contributed by atoms with Gasteiger partial charge < -0.3 is 8.74 Å². The van der Waals surface area contributed by atoms with Crippen molar-refractivity contribution in [1.82, 2.24) is 0 Å². The molecule has 0 N–H and O–H groups in total. The third kappa shape index (κ3) is 6.13. The second-order valence-electron chi connectivity index (χ2n) is 12.5. The van der Waals surface area contributed by atoms with Gasteiger partial charge in [-0.25, -0.2) is 17.2 Å². The summed E-state index contributed by atoms with van der Waals surface area (Å²) in [5, 5.41) is 4.94. The normalized spacial score (nSPS) is 12.1. The van der Waals surface area contributed by atoms with Gasteiger partial charge in [0.05, 0.1) is 0 Å². The Bertz CT molecular complexity index is 2950. The predicted octanol–water partition coefficient (Wildman–Crippen LogP) is 10.4. The molecule has 0 saturated carbocycles. The van der Waals surface area contributed by atoms with E-state index in [0.717, 1.165) is 32.3 Å². The number of rotatable bonds is 7. The minimum Gasteiger partial charge on any atom is -0.744 e. The van der Waals surface area contributed by atoms with Crippen LogP contribution < -0.4 is 4.18 Å². The van der Waals surface area contributed by atoms with Crippen LogP contribution in [-0.4, -0.2) is 21.4 Å². The molecule has 8 aromatic carbocycles. The van der Waals surface area contributed by atoms with Crippen LogP contribution in [0.3, 0.4) is 0 Å². The molecular weight excluding hydrogens is 741 g/mol. The maximum Gasteiger partial charge on any atom is 0.340 e. The number of fused-ring (bicyclic) bond motifs is 3. The summed E-state index contributed by atoms with van der Waals surface area (Å²) in [7, 11) is -11.6. The maximum absolute atomic E-state index is 15.3. The molecule has 0 radical (unpaired) electrons. The number of hydrogen-bond acceptors (Lipinski definition) is 6. The number of halogens is 4. The van der Waals surface area contributed by atoms with E-state index in [9.17, 15) is 30.2 Å². The Hall–Kier alpha value is -6.08. The first-order valence-electron chi connectivity index (χ1n) is 16.2. The van der Waals surface area contributed by atoms with Crippen LogP contribution in [0.2, 0.25) is 0 Å². The summed E-state index contributed by atoms with van der Waals surface area (Å²) < 4.78 is 129. The van der Waals surface area contributed by atoms with Crippen molar-refractivity contribution in [2.75, 3.05) is 0 Å². The zero-order valence-corrected chi connectivity index (χ0v) is 29.2. The van der Waals surface area contributed by atoms with E-state index < -0.39 is 59.0 Å². The molecule has 0 saturated heterocycles. The molecule has 0 aromatic heterocycles. The second-order valence-corrected chi connectivity index (χ2v) is 15.3. The van der Waals surface area contributed by atoms with E-state index in [4.69, 9.17) is 4.18 Å². The molecule has 0 spiro atoms. The van der Waals surface area contributed by atoms with Gasteiger partial charge in [-0.15, -0.1) is 0 Å². The van der Waals surface area contributed by atoms with Gasteiger partial charge in [0.15, 0.2) is 11.6 Å². The average Bonchev–Trinajstić information content (AvgIpc) is 3.17. The van der Waals surface area contributed by atoms with E-state index in [1.807, 2.05) is 78.9 Å². The lowest BCUT2D eigenvalue weighted by atomic mass is 9.91. The van der Waals surface area contributed by atoms with Gasteiger partial charge in [0, 0.05) is 11.1 Å². The molecule has 54 heavy (non-hydrogen) atoms. The van der Waals surface area contributed by atoms with Crippen LogP contribution in [-0.2, 0) is 20.2 Å². The highest BCUT2D eigenvalue weighted by Gasteiger charge is 2.35. The molecule has 0 aliphatic rings. The Labute approximate surface area is 306 Å². The Morgan fingerprint density at radius 1 is 0.407 bits per heavy atom. The standard InChI is InChI=1S/C42H24F4O6S2/c43-36-38(45)42(53(47,48)49)39(46)37(44)40(36)52-54(50,51)41-34(31-17-14-25-8-2-5-11-28(25)20-31)22-33(30-16-13-24-7-1-4-10-27(24)19-30)23-35(41)32-18-15-26-9-3-6-12-29(26)21-32/h1-23H,(H,47,48,49)/p-1. The summed E-state index contributed by atoms with van der Waals surface area (Å²) in [6.45, 7) is 0. The summed E-state index contributed by atoms with van der Waals surface area (Å²) in [4.78, 5) is -3.06. The van der Waals surface area contributed by atoms with E-state index in [-0.39, 0.29) is 11.1 Å². The van der Waals surface area contributed by atoms with Crippen LogP contribution in [0.1, 0.15) is 0 Å². The molecule has 8 rings (SSSR count). The first-order valence-corrected chi connectivity index (χ1v) is 19.0. The van der Waals surface area contributed by atoms with Gasteiger partial charge in [-0.2, -0.15) is 17.2 Å². The lowest BCUT2D eigenvalue weighted by Gasteiger charge is -2.20. The fourth-order valence-electron chi connectivity index (χ4n) is 6.61. The van der Waals surface area contributed by atoms with Crippen molar-refractivity contribution < 1.29 is 43.1 Å².